The van der Waals surface area contributed by atoms with Crippen molar-refractivity contribution in [2.24, 2.45) is 0 Å². The van der Waals surface area contributed by atoms with E-state index < -0.39 is 0 Å². The molecule has 2 aromatic rings. The van der Waals surface area contributed by atoms with E-state index >= 15 is 0 Å². The Hall–Kier alpha value is -2.03. The average Bonchev–Trinajstić information content (AvgIpc) is 2.29. The number of hydrogen-bond acceptors (Lipinski definition) is 3. The van der Waals surface area contributed by atoms with Crippen molar-refractivity contribution >= 4 is 28.4 Å². The minimum Gasteiger partial charge on any atom is -0.397 e. The molecule has 2 N–H and O–H groups in total. The van der Waals surface area contributed by atoms with Crippen LogP contribution in [0.4, 0.5) is 11.4 Å². The highest BCUT2D eigenvalue weighted by molar-refractivity contribution is 5.97. The van der Waals surface area contributed by atoms with Crippen LogP contribution in [0.15, 0.2) is 30.5 Å². The van der Waals surface area contributed by atoms with Crippen LogP contribution in [0.5, 0.6) is 0 Å². The molecular weight excluding hydrogens is 198 g/mol. The summed E-state index contributed by atoms with van der Waals surface area (Å²) in [6.45, 7) is 0.929. The number of anilines is 2. The van der Waals surface area contributed by atoms with Gasteiger partial charge >= 0.3 is 0 Å². The van der Waals surface area contributed by atoms with Crippen LogP contribution in [0.25, 0.3) is 17.0 Å². The summed E-state index contributed by atoms with van der Waals surface area (Å²) in [5.74, 6) is 0. The van der Waals surface area contributed by atoms with Gasteiger partial charge in [0.15, 0.2) is 0 Å². The van der Waals surface area contributed by atoms with Crippen molar-refractivity contribution in [3.05, 3.63) is 36.0 Å². The van der Waals surface area contributed by atoms with E-state index in [1.54, 1.807) is 6.20 Å². The van der Waals surface area contributed by atoms with Crippen LogP contribution in [0.1, 0.15) is 5.56 Å². The molecule has 0 unspecified atom stereocenters. The first-order valence-electron chi connectivity index (χ1n) is 5.31. The van der Waals surface area contributed by atoms with E-state index in [0.29, 0.717) is 5.69 Å². The van der Waals surface area contributed by atoms with Crippen LogP contribution in [0.2, 0.25) is 0 Å². The Labute approximate surface area is 94.2 Å². The molecule has 0 atom stereocenters. The van der Waals surface area contributed by atoms with Crippen molar-refractivity contribution in [3.63, 3.8) is 0 Å². The van der Waals surface area contributed by atoms with Gasteiger partial charge in [0.1, 0.15) is 0 Å². The first-order chi connectivity index (χ1) is 7.75. The number of pyridine rings is 1. The quantitative estimate of drug-likeness (QED) is 0.727. The first-order valence-corrected chi connectivity index (χ1v) is 5.31. The average molecular weight is 211 g/mol. The Morgan fingerprint density at radius 2 is 2.25 bits per heavy atom. The van der Waals surface area contributed by atoms with Gasteiger partial charge in [0.25, 0.3) is 0 Å². The molecule has 0 spiro atoms. The Morgan fingerprint density at radius 1 is 1.38 bits per heavy atom. The topological polar surface area (TPSA) is 42.1 Å². The summed E-state index contributed by atoms with van der Waals surface area (Å²) in [4.78, 5) is 6.65. The molecule has 0 saturated carbocycles. The third-order valence-electron chi connectivity index (χ3n) is 2.94. The fourth-order valence-electron chi connectivity index (χ4n) is 2.18. The number of nitrogens with two attached hydrogens (primary N) is 1. The largest absolute Gasteiger partial charge is 0.397 e. The maximum absolute atomic E-state index is 5.74. The molecule has 16 heavy (non-hydrogen) atoms. The zero-order chi connectivity index (χ0) is 11.1. The molecule has 3 rings (SSSR count). The molecule has 1 aromatic heterocycles. The molecule has 0 amide bonds. The number of likely N-dealkylation sites (N-methyl/N-ethyl adjacent to an activating group) is 1. The van der Waals surface area contributed by atoms with Gasteiger partial charge in [-0.15, -0.1) is 0 Å². The highest BCUT2D eigenvalue weighted by Crippen LogP contribution is 2.32. The lowest BCUT2D eigenvalue weighted by atomic mass is 10.0. The van der Waals surface area contributed by atoms with Crippen molar-refractivity contribution < 1.29 is 0 Å². The van der Waals surface area contributed by atoms with Crippen LogP contribution in [-0.4, -0.2) is 18.6 Å². The minimum absolute atomic E-state index is 0.710. The summed E-state index contributed by atoms with van der Waals surface area (Å²) < 4.78 is 0. The van der Waals surface area contributed by atoms with Gasteiger partial charge in [0, 0.05) is 19.0 Å². The molecular formula is C13H13N3. The van der Waals surface area contributed by atoms with Crippen molar-refractivity contribution in [3.8, 4) is 0 Å². The van der Waals surface area contributed by atoms with Crippen LogP contribution < -0.4 is 10.6 Å². The van der Waals surface area contributed by atoms with E-state index in [-0.39, 0.29) is 0 Å². The predicted octanol–water partition coefficient (Wildman–Crippen LogP) is 2.28. The van der Waals surface area contributed by atoms with E-state index in [0.717, 1.165) is 17.4 Å². The summed E-state index contributed by atoms with van der Waals surface area (Å²) in [6, 6.07) is 6.15. The number of benzene rings is 1. The summed E-state index contributed by atoms with van der Waals surface area (Å²) in [5.41, 5.74) is 9.90. The number of nitrogens with zero attached hydrogens (tertiary/aromatic N) is 2. The lowest BCUT2D eigenvalue weighted by Crippen LogP contribution is -2.20. The first kappa shape index (κ1) is 9.21. The van der Waals surface area contributed by atoms with E-state index in [2.05, 4.69) is 41.2 Å². The van der Waals surface area contributed by atoms with E-state index in [4.69, 9.17) is 5.73 Å². The second-order valence-electron chi connectivity index (χ2n) is 4.13. The molecule has 1 aliphatic heterocycles. The molecule has 0 saturated heterocycles. The number of hydrogen-bond donors (Lipinski definition) is 1. The second kappa shape index (κ2) is 3.23. The van der Waals surface area contributed by atoms with Gasteiger partial charge in [0.05, 0.1) is 23.1 Å². The summed E-state index contributed by atoms with van der Waals surface area (Å²) in [5, 5.41) is 1.10. The fraction of sp³-hybridized carbons (Fsp3) is 0.154. The third kappa shape index (κ3) is 1.25. The van der Waals surface area contributed by atoms with Crippen molar-refractivity contribution in [2.45, 2.75) is 0 Å². The Bertz CT molecular complexity index is 587. The number of aromatic nitrogens is 1. The van der Waals surface area contributed by atoms with Crippen LogP contribution in [0, 0.1) is 0 Å². The smallest absolute Gasteiger partial charge is 0.0943 e. The number of fused-ring (bicyclic) bond motifs is 3. The zero-order valence-electron chi connectivity index (χ0n) is 9.14. The summed E-state index contributed by atoms with van der Waals surface area (Å²) in [6.07, 6.45) is 6.02. The summed E-state index contributed by atoms with van der Waals surface area (Å²) >= 11 is 0. The third-order valence-corrected chi connectivity index (χ3v) is 2.94. The Morgan fingerprint density at radius 3 is 3.12 bits per heavy atom. The van der Waals surface area contributed by atoms with Gasteiger partial charge in [-0.25, -0.2) is 0 Å². The van der Waals surface area contributed by atoms with Gasteiger partial charge in [-0.3, -0.25) is 4.98 Å². The maximum atomic E-state index is 5.74. The van der Waals surface area contributed by atoms with Crippen molar-refractivity contribution in [2.75, 3.05) is 24.2 Å². The highest BCUT2D eigenvalue weighted by atomic mass is 15.1. The molecule has 3 nitrogen and oxygen atoms in total. The van der Waals surface area contributed by atoms with Crippen LogP contribution in [0.3, 0.4) is 0 Å². The molecule has 0 bridgehead atoms. The molecule has 3 heteroatoms. The SMILES string of the molecule is CN1CC=Cc2ccc3cc(N)cnc3c21. The zero-order valence-corrected chi connectivity index (χ0v) is 9.14. The Kier molecular flexibility index (Phi) is 1.86. The lowest BCUT2D eigenvalue weighted by Gasteiger charge is -2.24. The van der Waals surface area contributed by atoms with Gasteiger partial charge in [0.2, 0.25) is 0 Å². The summed E-state index contributed by atoms with van der Waals surface area (Å²) in [7, 11) is 2.08. The molecule has 0 fully saturated rings. The van der Waals surface area contributed by atoms with Gasteiger partial charge in [-0.1, -0.05) is 24.3 Å². The minimum atomic E-state index is 0.710. The second-order valence-corrected chi connectivity index (χ2v) is 4.13. The van der Waals surface area contributed by atoms with E-state index in [9.17, 15) is 0 Å². The monoisotopic (exact) mass is 211 g/mol. The van der Waals surface area contributed by atoms with E-state index in [1.807, 2.05) is 6.07 Å². The van der Waals surface area contributed by atoms with Crippen LogP contribution in [-0.2, 0) is 0 Å². The van der Waals surface area contributed by atoms with Gasteiger partial charge in [-0.05, 0) is 11.6 Å². The van der Waals surface area contributed by atoms with Gasteiger partial charge in [-0.2, -0.15) is 0 Å². The normalized spacial score (nSPS) is 14.2. The molecule has 80 valence electrons. The molecule has 0 aliphatic carbocycles. The molecule has 1 aromatic carbocycles. The maximum Gasteiger partial charge on any atom is 0.0943 e. The molecule has 2 heterocycles. The highest BCUT2D eigenvalue weighted by Gasteiger charge is 2.13. The fourth-order valence-corrected chi connectivity index (χ4v) is 2.18. The number of nitrogen functional groups attached to an aromatic ring is 1. The predicted molar refractivity (Wildman–Crippen MR) is 68.5 cm³/mol. The Balaban J connectivity index is 2.38. The number of rotatable bonds is 0. The molecule has 1 aliphatic rings. The van der Waals surface area contributed by atoms with E-state index in [1.165, 1.54) is 11.3 Å². The molecule has 0 radical (unpaired) electrons. The van der Waals surface area contributed by atoms with Crippen molar-refractivity contribution in [1.29, 1.82) is 0 Å². The lowest BCUT2D eigenvalue weighted by molar-refractivity contribution is 1.02. The van der Waals surface area contributed by atoms with Crippen LogP contribution >= 0.6 is 0 Å². The van der Waals surface area contributed by atoms with Crippen molar-refractivity contribution in [1.82, 2.24) is 4.98 Å². The van der Waals surface area contributed by atoms with Gasteiger partial charge < -0.3 is 10.6 Å². The standard InChI is InChI=1S/C13H13N3/c1-16-6-2-3-9-4-5-10-7-11(14)8-15-12(10)13(9)16/h2-5,7-8H,6,14H2,1H3.